The van der Waals surface area contributed by atoms with Gasteiger partial charge in [-0.3, -0.25) is 0 Å². The maximum absolute atomic E-state index is 12.2. The van der Waals surface area contributed by atoms with Crippen molar-refractivity contribution in [1.29, 1.82) is 0 Å². The van der Waals surface area contributed by atoms with Gasteiger partial charge < -0.3 is 9.73 Å². The molecule has 0 unspecified atom stereocenters. The molecule has 0 aliphatic rings. The van der Waals surface area contributed by atoms with E-state index in [1.165, 1.54) is 0 Å². The van der Waals surface area contributed by atoms with Crippen LogP contribution in [0, 0.1) is 6.92 Å². The van der Waals surface area contributed by atoms with E-state index in [1.54, 1.807) is 36.4 Å². The number of sulfonamides is 1. The van der Waals surface area contributed by atoms with E-state index in [0.717, 1.165) is 24.4 Å². The minimum Gasteiger partial charge on any atom is -0.465 e. The van der Waals surface area contributed by atoms with Crippen LogP contribution in [-0.2, 0) is 16.6 Å². The summed E-state index contributed by atoms with van der Waals surface area (Å²) < 4.78 is 32.2. The third-order valence-electron chi connectivity index (χ3n) is 2.98. The molecule has 21 heavy (non-hydrogen) atoms. The van der Waals surface area contributed by atoms with Crippen molar-refractivity contribution < 1.29 is 12.8 Å². The first-order valence-corrected chi connectivity index (χ1v) is 8.38. The lowest BCUT2D eigenvalue weighted by Gasteiger charge is -2.08. The maximum Gasteiger partial charge on any atom is 0.240 e. The van der Waals surface area contributed by atoms with Gasteiger partial charge in [0.1, 0.15) is 11.5 Å². The average molecular weight is 308 g/mol. The summed E-state index contributed by atoms with van der Waals surface area (Å²) in [4.78, 5) is 0.243. The summed E-state index contributed by atoms with van der Waals surface area (Å²) in [6, 6.07) is 10.3. The van der Waals surface area contributed by atoms with Crippen LogP contribution >= 0.6 is 0 Å². The van der Waals surface area contributed by atoms with Gasteiger partial charge in [-0.15, -0.1) is 0 Å². The van der Waals surface area contributed by atoms with Crippen LogP contribution in [0.15, 0.2) is 45.7 Å². The fraction of sp³-hybridized carbons (Fsp3) is 0.333. The molecule has 2 rings (SSSR count). The molecule has 0 bridgehead atoms. The molecule has 1 aromatic carbocycles. The summed E-state index contributed by atoms with van der Waals surface area (Å²) in [5.41, 5.74) is 0.914. The summed E-state index contributed by atoms with van der Waals surface area (Å²) in [6.45, 7) is 4.90. The van der Waals surface area contributed by atoms with Crippen molar-refractivity contribution in [1.82, 2.24) is 4.72 Å². The molecule has 0 saturated heterocycles. The zero-order valence-corrected chi connectivity index (χ0v) is 13.0. The van der Waals surface area contributed by atoms with Crippen molar-refractivity contribution in [3.05, 3.63) is 47.9 Å². The van der Waals surface area contributed by atoms with E-state index in [4.69, 9.17) is 4.42 Å². The Bertz CT molecular complexity index is 675. The second-order valence-corrected chi connectivity index (χ2v) is 6.56. The van der Waals surface area contributed by atoms with Gasteiger partial charge >= 0.3 is 0 Å². The third-order valence-corrected chi connectivity index (χ3v) is 4.39. The van der Waals surface area contributed by atoms with Gasteiger partial charge in [-0.2, -0.15) is 0 Å². The molecule has 0 saturated carbocycles. The molecule has 0 aliphatic heterocycles. The third kappa shape index (κ3) is 4.34. The minimum absolute atomic E-state index is 0.145. The SMILES string of the molecule is CCCNc1ccc(S(=O)(=O)NCc2ccc(C)o2)cc1. The molecular formula is C15H20N2O3S. The molecule has 2 N–H and O–H groups in total. The van der Waals surface area contributed by atoms with Crippen LogP contribution in [0.3, 0.4) is 0 Å². The number of nitrogens with one attached hydrogen (secondary N) is 2. The van der Waals surface area contributed by atoms with Gasteiger partial charge in [-0.05, 0) is 49.7 Å². The number of anilines is 1. The van der Waals surface area contributed by atoms with E-state index in [-0.39, 0.29) is 11.4 Å². The minimum atomic E-state index is -3.52. The van der Waals surface area contributed by atoms with Crippen molar-refractivity contribution in [2.24, 2.45) is 0 Å². The zero-order valence-electron chi connectivity index (χ0n) is 12.2. The maximum atomic E-state index is 12.2. The summed E-state index contributed by atoms with van der Waals surface area (Å²) in [5, 5.41) is 3.20. The fourth-order valence-electron chi connectivity index (χ4n) is 1.85. The van der Waals surface area contributed by atoms with Crippen LogP contribution in [-0.4, -0.2) is 15.0 Å². The predicted octanol–water partition coefficient (Wildman–Crippen LogP) is 2.89. The van der Waals surface area contributed by atoms with Crippen LogP contribution in [0.5, 0.6) is 0 Å². The van der Waals surface area contributed by atoms with Crippen molar-refractivity contribution in [2.75, 3.05) is 11.9 Å². The van der Waals surface area contributed by atoms with E-state index in [0.29, 0.717) is 5.76 Å². The molecule has 6 heteroatoms. The van der Waals surface area contributed by atoms with Crippen LogP contribution in [0.25, 0.3) is 0 Å². The van der Waals surface area contributed by atoms with Crippen molar-refractivity contribution in [2.45, 2.75) is 31.7 Å². The number of benzene rings is 1. The molecule has 1 aromatic heterocycles. The van der Waals surface area contributed by atoms with E-state index in [2.05, 4.69) is 17.0 Å². The van der Waals surface area contributed by atoms with E-state index in [1.807, 2.05) is 6.92 Å². The van der Waals surface area contributed by atoms with Gasteiger partial charge in [0.05, 0.1) is 11.4 Å². The second kappa shape index (κ2) is 6.78. The summed E-state index contributed by atoms with van der Waals surface area (Å²) in [6.07, 6.45) is 1.02. The standard InChI is InChI=1S/C15H20N2O3S/c1-3-10-16-13-5-8-15(9-6-13)21(18,19)17-11-14-7-4-12(2)20-14/h4-9,16-17H,3,10-11H2,1-2H3. The predicted molar refractivity (Wildman–Crippen MR) is 82.7 cm³/mol. The van der Waals surface area contributed by atoms with Gasteiger partial charge in [0, 0.05) is 12.2 Å². The molecule has 0 atom stereocenters. The Morgan fingerprint density at radius 3 is 2.38 bits per heavy atom. The Hall–Kier alpha value is -1.79. The number of hydrogen-bond acceptors (Lipinski definition) is 4. The zero-order chi connectivity index (χ0) is 15.3. The van der Waals surface area contributed by atoms with Crippen molar-refractivity contribution >= 4 is 15.7 Å². The molecule has 1 heterocycles. The van der Waals surface area contributed by atoms with Crippen molar-refractivity contribution in [3.63, 3.8) is 0 Å². The van der Waals surface area contributed by atoms with Crippen LogP contribution in [0.4, 0.5) is 5.69 Å². The van der Waals surface area contributed by atoms with E-state index in [9.17, 15) is 8.42 Å². The van der Waals surface area contributed by atoms with Gasteiger partial charge in [0.15, 0.2) is 0 Å². The molecule has 0 amide bonds. The number of aryl methyl sites for hydroxylation is 1. The molecule has 0 aliphatic carbocycles. The highest BCUT2D eigenvalue weighted by atomic mass is 32.2. The Labute approximate surface area is 125 Å². The van der Waals surface area contributed by atoms with Crippen LogP contribution in [0.2, 0.25) is 0 Å². The lowest BCUT2D eigenvalue weighted by Crippen LogP contribution is -2.23. The van der Waals surface area contributed by atoms with Gasteiger partial charge in [0.2, 0.25) is 10.0 Å². The van der Waals surface area contributed by atoms with Crippen LogP contribution in [0.1, 0.15) is 24.9 Å². The highest BCUT2D eigenvalue weighted by Crippen LogP contribution is 2.15. The summed E-state index contributed by atoms with van der Waals surface area (Å²) in [7, 11) is -3.52. The Kier molecular flexibility index (Phi) is 5.03. The highest BCUT2D eigenvalue weighted by molar-refractivity contribution is 7.89. The molecule has 0 radical (unpaired) electrons. The monoisotopic (exact) mass is 308 g/mol. The fourth-order valence-corrected chi connectivity index (χ4v) is 2.84. The largest absolute Gasteiger partial charge is 0.465 e. The Morgan fingerprint density at radius 1 is 1.10 bits per heavy atom. The van der Waals surface area contributed by atoms with Gasteiger partial charge in [0.25, 0.3) is 0 Å². The molecule has 5 nitrogen and oxygen atoms in total. The quantitative estimate of drug-likeness (QED) is 0.825. The number of hydrogen-bond donors (Lipinski definition) is 2. The number of rotatable bonds is 7. The first-order valence-electron chi connectivity index (χ1n) is 6.90. The average Bonchev–Trinajstić information content (AvgIpc) is 2.89. The number of furan rings is 1. The molecule has 0 fully saturated rings. The smallest absolute Gasteiger partial charge is 0.240 e. The summed E-state index contributed by atoms with van der Waals surface area (Å²) >= 11 is 0. The Balaban J connectivity index is 2.01. The topological polar surface area (TPSA) is 71.3 Å². The molecule has 114 valence electrons. The molecular weight excluding hydrogens is 288 g/mol. The second-order valence-electron chi connectivity index (χ2n) is 4.79. The molecule has 0 spiro atoms. The lowest BCUT2D eigenvalue weighted by molar-refractivity contribution is 0.475. The van der Waals surface area contributed by atoms with Crippen LogP contribution < -0.4 is 10.0 Å². The first-order chi connectivity index (χ1) is 10.0. The van der Waals surface area contributed by atoms with Gasteiger partial charge in [-0.25, -0.2) is 13.1 Å². The Morgan fingerprint density at radius 2 is 1.81 bits per heavy atom. The van der Waals surface area contributed by atoms with E-state index < -0.39 is 10.0 Å². The van der Waals surface area contributed by atoms with Crippen molar-refractivity contribution in [3.8, 4) is 0 Å². The van der Waals surface area contributed by atoms with E-state index >= 15 is 0 Å². The lowest BCUT2D eigenvalue weighted by atomic mass is 10.3. The normalized spacial score (nSPS) is 11.5. The van der Waals surface area contributed by atoms with Gasteiger partial charge in [-0.1, -0.05) is 6.92 Å². The summed E-state index contributed by atoms with van der Waals surface area (Å²) in [5.74, 6) is 1.35. The first kappa shape index (κ1) is 15.6. The highest BCUT2D eigenvalue weighted by Gasteiger charge is 2.14. The molecule has 2 aromatic rings.